The molecule has 122 valence electrons. The Balaban J connectivity index is 1.56. The standard InChI is InChI=1S/C15H24N4O2S/c1-2-21-13(20)6-5-11-22-15-17-16-14(18-9-3-4-10-18)19(15)12-7-8-12/h12H,2-11H2,1H3. The summed E-state index contributed by atoms with van der Waals surface area (Å²) in [5.74, 6) is 1.82. The molecule has 0 N–H and O–H groups in total. The third-order valence-corrected chi connectivity index (χ3v) is 5.04. The third-order valence-electron chi connectivity index (χ3n) is 4.01. The van der Waals surface area contributed by atoms with Gasteiger partial charge in [0.25, 0.3) is 0 Å². The average Bonchev–Trinajstić information content (AvgIpc) is 3.03. The molecule has 1 saturated carbocycles. The summed E-state index contributed by atoms with van der Waals surface area (Å²) >= 11 is 1.71. The van der Waals surface area contributed by atoms with Crippen LogP contribution in [0.1, 0.15) is 51.5 Å². The van der Waals surface area contributed by atoms with Crippen molar-refractivity contribution in [3.8, 4) is 0 Å². The highest BCUT2D eigenvalue weighted by atomic mass is 32.2. The van der Waals surface area contributed by atoms with E-state index in [0.29, 0.717) is 19.1 Å². The number of thioether (sulfide) groups is 1. The van der Waals surface area contributed by atoms with E-state index in [1.54, 1.807) is 11.8 Å². The Labute approximate surface area is 135 Å². The Morgan fingerprint density at radius 3 is 2.77 bits per heavy atom. The molecule has 0 spiro atoms. The lowest BCUT2D eigenvalue weighted by atomic mass is 10.3. The molecule has 1 aliphatic carbocycles. The van der Waals surface area contributed by atoms with Crippen LogP contribution in [0.3, 0.4) is 0 Å². The topological polar surface area (TPSA) is 60.2 Å². The van der Waals surface area contributed by atoms with Gasteiger partial charge in [-0.2, -0.15) is 0 Å². The molecule has 0 bridgehead atoms. The quantitative estimate of drug-likeness (QED) is 0.416. The Kier molecular flexibility index (Phi) is 5.23. The molecule has 2 heterocycles. The lowest BCUT2D eigenvalue weighted by molar-refractivity contribution is -0.143. The van der Waals surface area contributed by atoms with Gasteiger partial charge in [0.2, 0.25) is 5.95 Å². The van der Waals surface area contributed by atoms with E-state index in [-0.39, 0.29) is 5.97 Å². The van der Waals surface area contributed by atoms with Crippen molar-refractivity contribution in [2.75, 3.05) is 30.3 Å². The van der Waals surface area contributed by atoms with E-state index in [0.717, 1.165) is 36.4 Å². The first-order valence-corrected chi connectivity index (χ1v) is 9.26. The summed E-state index contributed by atoms with van der Waals surface area (Å²) in [5, 5.41) is 9.83. The van der Waals surface area contributed by atoms with Gasteiger partial charge in [-0.15, -0.1) is 10.2 Å². The van der Waals surface area contributed by atoms with E-state index >= 15 is 0 Å². The number of carbonyl (C=O) groups is 1. The molecule has 7 heteroatoms. The second-order valence-electron chi connectivity index (χ2n) is 5.83. The summed E-state index contributed by atoms with van der Waals surface area (Å²) in [6.45, 7) is 4.49. The van der Waals surface area contributed by atoms with Crippen molar-refractivity contribution in [2.45, 2.75) is 56.6 Å². The van der Waals surface area contributed by atoms with Gasteiger partial charge in [-0.3, -0.25) is 9.36 Å². The van der Waals surface area contributed by atoms with Crippen LogP contribution in [0.25, 0.3) is 0 Å². The van der Waals surface area contributed by atoms with Gasteiger partial charge in [-0.1, -0.05) is 11.8 Å². The van der Waals surface area contributed by atoms with Crippen LogP contribution in [0.5, 0.6) is 0 Å². The SMILES string of the molecule is CCOC(=O)CCCSc1nnc(N2CCCC2)n1C1CC1. The molecule has 0 unspecified atom stereocenters. The summed E-state index contributed by atoms with van der Waals surface area (Å²) in [6.07, 6.45) is 6.26. The minimum atomic E-state index is -0.107. The molecule has 1 saturated heterocycles. The Bertz CT molecular complexity index is 510. The lowest BCUT2D eigenvalue weighted by Crippen LogP contribution is -2.22. The van der Waals surface area contributed by atoms with Gasteiger partial charge in [0.15, 0.2) is 5.16 Å². The van der Waals surface area contributed by atoms with Crippen molar-refractivity contribution in [3.63, 3.8) is 0 Å². The molecule has 6 nitrogen and oxygen atoms in total. The summed E-state index contributed by atoms with van der Waals surface area (Å²) in [5.41, 5.74) is 0. The largest absolute Gasteiger partial charge is 0.466 e. The van der Waals surface area contributed by atoms with Crippen molar-refractivity contribution >= 4 is 23.7 Å². The first-order valence-electron chi connectivity index (χ1n) is 8.28. The number of hydrogen-bond donors (Lipinski definition) is 0. The fraction of sp³-hybridized carbons (Fsp3) is 0.800. The van der Waals surface area contributed by atoms with Crippen LogP contribution < -0.4 is 4.90 Å². The number of esters is 1. The van der Waals surface area contributed by atoms with E-state index in [1.165, 1.54) is 25.7 Å². The fourth-order valence-corrected chi connectivity index (χ4v) is 3.71. The zero-order chi connectivity index (χ0) is 15.4. The summed E-state index contributed by atoms with van der Waals surface area (Å²) < 4.78 is 7.27. The van der Waals surface area contributed by atoms with Crippen LogP contribution >= 0.6 is 11.8 Å². The van der Waals surface area contributed by atoms with E-state index in [9.17, 15) is 4.79 Å². The smallest absolute Gasteiger partial charge is 0.305 e. The fourth-order valence-electron chi connectivity index (χ4n) is 2.77. The maximum Gasteiger partial charge on any atom is 0.305 e. The number of nitrogens with zero attached hydrogens (tertiary/aromatic N) is 4. The van der Waals surface area contributed by atoms with Crippen molar-refractivity contribution < 1.29 is 9.53 Å². The van der Waals surface area contributed by atoms with E-state index in [2.05, 4.69) is 19.7 Å². The lowest BCUT2D eigenvalue weighted by Gasteiger charge is -2.17. The minimum Gasteiger partial charge on any atom is -0.466 e. The molecule has 0 radical (unpaired) electrons. The van der Waals surface area contributed by atoms with Gasteiger partial charge in [-0.05, 0) is 39.0 Å². The van der Waals surface area contributed by atoms with E-state index in [1.807, 2.05) is 6.92 Å². The molecule has 2 fully saturated rings. The summed E-state index contributed by atoms with van der Waals surface area (Å²) in [4.78, 5) is 13.7. The number of hydrogen-bond acceptors (Lipinski definition) is 6. The van der Waals surface area contributed by atoms with Gasteiger partial charge >= 0.3 is 5.97 Å². The third kappa shape index (κ3) is 3.74. The maximum atomic E-state index is 11.3. The first kappa shape index (κ1) is 15.6. The zero-order valence-electron chi connectivity index (χ0n) is 13.2. The summed E-state index contributed by atoms with van der Waals surface area (Å²) in [6, 6.07) is 0.582. The highest BCUT2D eigenvalue weighted by Crippen LogP contribution is 2.41. The number of anilines is 1. The molecule has 22 heavy (non-hydrogen) atoms. The predicted molar refractivity (Wildman–Crippen MR) is 86.3 cm³/mol. The number of carbonyl (C=O) groups excluding carboxylic acids is 1. The van der Waals surface area contributed by atoms with E-state index in [4.69, 9.17) is 4.74 Å². The maximum absolute atomic E-state index is 11.3. The normalized spacial score (nSPS) is 18.0. The Morgan fingerprint density at radius 2 is 2.09 bits per heavy atom. The molecule has 0 atom stereocenters. The van der Waals surface area contributed by atoms with Gasteiger partial charge < -0.3 is 9.64 Å². The molecule has 0 amide bonds. The number of aromatic nitrogens is 3. The van der Waals surface area contributed by atoms with Crippen molar-refractivity contribution in [3.05, 3.63) is 0 Å². The molecular formula is C15H24N4O2S. The average molecular weight is 324 g/mol. The zero-order valence-corrected chi connectivity index (χ0v) is 14.0. The molecule has 3 rings (SSSR count). The number of ether oxygens (including phenoxy) is 1. The van der Waals surface area contributed by atoms with Crippen LogP contribution in [-0.2, 0) is 9.53 Å². The highest BCUT2D eigenvalue weighted by Gasteiger charge is 2.32. The van der Waals surface area contributed by atoms with Crippen LogP contribution in [0.2, 0.25) is 0 Å². The molecule has 1 aromatic rings. The van der Waals surface area contributed by atoms with Crippen LogP contribution in [-0.4, -0.2) is 46.2 Å². The molecular weight excluding hydrogens is 300 g/mol. The number of rotatable bonds is 8. The summed E-state index contributed by atoms with van der Waals surface area (Å²) in [7, 11) is 0. The minimum absolute atomic E-state index is 0.107. The van der Waals surface area contributed by atoms with Crippen LogP contribution in [0.4, 0.5) is 5.95 Å². The second-order valence-corrected chi connectivity index (χ2v) is 6.90. The second kappa shape index (κ2) is 7.35. The van der Waals surface area contributed by atoms with Crippen LogP contribution in [0, 0.1) is 0 Å². The molecule has 2 aliphatic rings. The highest BCUT2D eigenvalue weighted by molar-refractivity contribution is 7.99. The molecule has 0 aromatic carbocycles. The monoisotopic (exact) mass is 324 g/mol. The van der Waals surface area contributed by atoms with Gasteiger partial charge in [0.05, 0.1) is 6.61 Å². The molecule has 1 aromatic heterocycles. The van der Waals surface area contributed by atoms with Gasteiger partial charge in [0, 0.05) is 31.3 Å². The van der Waals surface area contributed by atoms with Crippen molar-refractivity contribution in [2.24, 2.45) is 0 Å². The van der Waals surface area contributed by atoms with Crippen LogP contribution in [0.15, 0.2) is 5.16 Å². The Morgan fingerprint density at radius 1 is 1.32 bits per heavy atom. The first-order chi connectivity index (χ1) is 10.8. The molecule has 1 aliphatic heterocycles. The van der Waals surface area contributed by atoms with E-state index < -0.39 is 0 Å². The Hall–Kier alpha value is -1.24. The van der Waals surface area contributed by atoms with Gasteiger partial charge in [0.1, 0.15) is 0 Å². The van der Waals surface area contributed by atoms with Crippen molar-refractivity contribution in [1.29, 1.82) is 0 Å². The van der Waals surface area contributed by atoms with Crippen molar-refractivity contribution in [1.82, 2.24) is 14.8 Å². The van der Waals surface area contributed by atoms with Gasteiger partial charge in [-0.25, -0.2) is 0 Å². The predicted octanol–water partition coefficient (Wildman–Crippen LogP) is 2.65.